The molecule has 4 nitrogen and oxygen atoms in total. The molecule has 0 fully saturated rings. The average molecular weight is 313 g/mol. The van der Waals surface area contributed by atoms with Crippen LogP contribution < -0.4 is 0 Å². The molecule has 0 N–H and O–H groups in total. The summed E-state index contributed by atoms with van der Waals surface area (Å²) in [5.41, 5.74) is 4.26. The highest BCUT2D eigenvalue weighted by molar-refractivity contribution is 7.85. The van der Waals surface area contributed by atoms with Gasteiger partial charge in [0.1, 0.15) is 5.52 Å². The molecule has 2 aromatic heterocycles. The van der Waals surface area contributed by atoms with E-state index in [4.69, 9.17) is 0 Å². The lowest BCUT2D eigenvalue weighted by molar-refractivity contribution is 0.664. The van der Waals surface area contributed by atoms with Gasteiger partial charge in [0.15, 0.2) is 0 Å². The number of benzene rings is 1. The van der Waals surface area contributed by atoms with Gasteiger partial charge in [0.2, 0.25) is 0 Å². The Morgan fingerprint density at radius 3 is 2.68 bits per heavy atom. The summed E-state index contributed by atoms with van der Waals surface area (Å²) in [6, 6.07) is 9.63. The molecule has 5 heteroatoms. The van der Waals surface area contributed by atoms with Crippen molar-refractivity contribution in [2.24, 2.45) is 0 Å². The summed E-state index contributed by atoms with van der Waals surface area (Å²) in [7, 11) is -0.934. The van der Waals surface area contributed by atoms with E-state index in [1.165, 1.54) is 5.56 Å². The van der Waals surface area contributed by atoms with E-state index in [2.05, 4.69) is 21.5 Å². The second kappa shape index (κ2) is 6.40. The topological polar surface area (TPSA) is 47.8 Å². The normalized spacial score (nSPS) is 12.6. The predicted molar refractivity (Wildman–Crippen MR) is 89.3 cm³/mol. The van der Waals surface area contributed by atoms with Crippen LogP contribution in [0.2, 0.25) is 0 Å². The number of hydrogen-bond donors (Lipinski definition) is 0. The monoisotopic (exact) mass is 313 g/mol. The zero-order chi connectivity index (χ0) is 15.5. The SMILES string of the molecule is Cc1ncc2ncn(CCCS(=O)c3ccccc3)c2c1C. The third-order valence-electron chi connectivity index (χ3n) is 3.88. The first kappa shape index (κ1) is 14.9. The molecule has 0 saturated heterocycles. The molecule has 0 saturated carbocycles. The third kappa shape index (κ3) is 2.95. The molecule has 0 aliphatic rings. The highest BCUT2D eigenvalue weighted by Gasteiger charge is 2.09. The fourth-order valence-corrected chi connectivity index (χ4v) is 3.64. The lowest BCUT2D eigenvalue weighted by Crippen LogP contribution is -2.04. The Labute approximate surface area is 132 Å². The molecule has 3 aromatic rings. The van der Waals surface area contributed by atoms with Crippen LogP contribution in [-0.2, 0) is 17.3 Å². The predicted octanol–water partition coefficient (Wildman–Crippen LogP) is 3.25. The molecule has 2 heterocycles. The van der Waals surface area contributed by atoms with E-state index in [1.807, 2.05) is 49.8 Å². The van der Waals surface area contributed by atoms with Crippen LogP contribution >= 0.6 is 0 Å². The van der Waals surface area contributed by atoms with Crippen molar-refractivity contribution in [1.82, 2.24) is 14.5 Å². The number of aryl methyl sites for hydroxylation is 3. The Morgan fingerprint density at radius 1 is 1.14 bits per heavy atom. The first-order valence-corrected chi connectivity index (χ1v) is 8.69. The number of imidazole rings is 1. The van der Waals surface area contributed by atoms with Gasteiger partial charge >= 0.3 is 0 Å². The maximum Gasteiger partial charge on any atom is 0.107 e. The standard InChI is InChI=1S/C17H19N3OS/c1-13-14(2)18-11-16-17(13)20(12-19-16)9-6-10-22(21)15-7-4-3-5-8-15/h3-5,7-8,11-12H,6,9-10H2,1-2H3. The second-order valence-corrected chi connectivity index (χ2v) is 6.93. The van der Waals surface area contributed by atoms with E-state index in [9.17, 15) is 4.21 Å². The van der Waals surface area contributed by atoms with Crippen molar-refractivity contribution in [2.75, 3.05) is 5.75 Å². The average Bonchev–Trinajstić information content (AvgIpc) is 2.95. The van der Waals surface area contributed by atoms with Gasteiger partial charge in [0.05, 0.1) is 28.8 Å². The highest BCUT2D eigenvalue weighted by Crippen LogP contribution is 2.19. The Kier molecular flexibility index (Phi) is 4.34. The van der Waals surface area contributed by atoms with Crippen LogP contribution in [0, 0.1) is 13.8 Å². The number of fused-ring (bicyclic) bond motifs is 1. The van der Waals surface area contributed by atoms with Crippen molar-refractivity contribution >= 4 is 21.8 Å². The first-order chi connectivity index (χ1) is 10.7. The van der Waals surface area contributed by atoms with E-state index in [0.29, 0.717) is 5.75 Å². The maximum atomic E-state index is 12.2. The number of nitrogens with zero attached hydrogens (tertiary/aromatic N) is 3. The summed E-state index contributed by atoms with van der Waals surface area (Å²) < 4.78 is 14.4. The molecule has 0 bridgehead atoms. The summed E-state index contributed by atoms with van der Waals surface area (Å²) in [6.07, 6.45) is 4.52. The minimum absolute atomic E-state index is 0.660. The summed E-state index contributed by atoms with van der Waals surface area (Å²) >= 11 is 0. The Morgan fingerprint density at radius 2 is 1.91 bits per heavy atom. The summed E-state index contributed by atoms with van der Waals surface area (Å²) in [6.45, 7) is 4.90. The molecular formula is C17H19N3OS. The molecule has 1 aromatic carbocycles. The van der Waals surface area contributed by atoms with Crippen LogP contribution in [0.5, 0.6) is 0 Å². The van der Waals surface area contributed by atoms with Gasteiger partial charge < -0.3 is 4.57 Å². The fourth-order valence-electron chi connectivity index (χ4n) is 2.55. The van der Waals surface area contributed by atoms with Crippen LogP contribution in [0.3, 0.4) is 0 Å². The third-order valence-corrected chi connectivity index (χ3v) is 5.34. The Hall–Kier alpha value is -2.01. The fraction of sp³-hybridized carbons (Fsp3) is 0.294. The second-order valence-electron chi connectivity index (χ2n) is 5.36. The molecule has 1 atom stereocenters. The smallest absolute Gasteiger partial charge is 0.107 e. The van der Waals surface area contributed by atoms with E-state index in [0.717, 1.165) is 34.6 Å². The highest BCUT2D eigenvalue weighted by atomic mass is 32.2. The van der Waals surface area contributed by atoms with Crippen LogP contribution in [-0.4, -0.2) is 24.5 Å². The zero-order valence-electron chi connectivity index (χ0n) is 12.8. The molecule has 1 unspecified atom stereocenters. The molecule has 0 spiro atoms. The first-order valence-electron chi connectivity index (χ1n) is 7.37. The summed E-state index contributed by atoms with van der Waals surface area (Å²) in [5.74, 6) is 0.660. The van der Waals surface area contributed by atoms with Gasteiger partial charge in [-0.15, -0.1) is 0 Å². The van der Waals surface area contributed by atoms with Gasteiger partial charge in [-0.2, -0.15) is 0 Å². The number of hydrogen-bond acceptors (Lipinski definition) is 3. The van der Waals surface area contributed by atoms with E-state index in [-0.39, 0.29) is 0 Å². The van der Waals surface area contributed by atoms with Crippen molar-refractivity contribution in [1.29, 1.82) is 0 Å². The van der Waals surface area contributed by atoms with Crippen molar-refractivity contribution in [3.8, 4) is 0 Å². The molecule has 22 heavy (non-hydrogen) atoms. The van der Waals surface area contributed by atoms with Gasteiger partial charge in [-0.3, -0.25) is 9.19 Å². The number of rotatable bonds is 5. The zero-order valence-corrected chi connectivity index (χ0v) is 13.6. The van der Waals surface area contributed by atoms with Crippen LogP contribution in [0.4, 0.5) is 0 Å². The van der Waals surface area contributed by atoms with E-state index in [1.54, 1.807) is 0 Å². The van der Waals surface area contributed by atoms with Crippen LogP contribution in [0.1, 0.15) is 17.7 Å². The van der Waals surface area contributed by atoms with E-state index >= 15 is 0 Å². The maximum absolute atomic E-state index is 12.2. The van der Waals surface area contributed by atoms with Gasteiger partial charge in [0.25, 0.3) is 0 Å². The van der Waals surface area contributed by atoms with E-state index < -0.39 is 10.8 Å². The minimum Gasteiger partial charge on any atom is -0.330 e. The summed E-state index contributed by atoms with van der Waals surface area (Å²) in [4.78, 5) is 9.64. The Balaban J connectivity index is 1.70. The quantitative estimate of drug-likeness (QED) is 0.726. The molecule has 114 valence electrons. The van der Waals surface area contributed by atoms with Crippen LogP contribution in [0.25, 0.3) is 11.0 Å². The lowest BCUT2D eigenvalue weighted by atomic mass is 10.2. The molecule has 0 radical (unpaired) electrons. The molecule has 0 amide bonds. The van der Waals surface area contributed by atoms with Crippen molar-refractivity contribution in [2.45, 2.75) is 31.7 Å². The molecule has 0 aliphatic heterocycles. The molecular weight excluding hydrogens is 294 g/mol. The summed E-state index contributed by atoms with van der Waals surface area (Å²) in [5, 5.41) is 0. The largest absolute Gasteiger partial charge is 0.330 e. The number of pyridine rings is 1. The number of aromatic nitrogens is 3. The van der Waals surface area contributed by atoms with Crippen molar-refractivity contribution < 1.29 is 4.21 Å². The van der Waals surface area contributed by atoms with Gasteiger partial charge in [-0.25, -0.2) is 4.98 Å². The Bertz CT molecular complexity index is 811. The lowest BCUT2D eigenvalue weighted by Gasteiger charge is -2.08. The molecule has 3 rings (SSSR count). The molecule has 0 aliphatic carbocycles. The van der Waals surface area contributed by atoms with Crippen molar-refractivity contribution in [3.05, 3.63) is 54.1 Å². The van der Waals surface area contributed by atoms with Gasteiger partial charge in [-0.1, -0.05) is 18.2 Å². The van der Waals surface area contributed by atoms with Gasteiger partial charge in [-0.05, 0) is 38.0 Å². The van der Waals surface area contributed by atoms with Crippen LogP contribution in [0.15, 0.2) is 47.8 Å². The van der Waals surface area contributed by atoms with Crippen molar-refractivity contribution in [3.63, 3.8) is 0 Å². The minimum atomic E-state index is -0.934. The van der Waals surface area contributed by atoms with Gasteiger partial charge in [0, 0.05) is 22.9 Å².